The highest BCUT2D eigenvalue weighted by Gasteiger charge is 2.44. The minimum absolute atomic E-state index is 0.123. The van der Waals surface area contributed by atoms with Crippen LogP contribution in [-0.2, 0) is 30.7 Å². The zero-order valence-corrected chi connectivity index (χ0v) is 31.6. The topological polar surface area (TPSA) is 107 Å². The van der Waals surface area contributed by atoms with Gasteiger partial charge in [-0.2, -0.15) is 9.97 Å². The van der Waals surface area contributed by atoms with E-state index in [4.69, 9.17) is 21.1 Å². The van der Waals surface area contributed by atoms with Crippen molar-refractivity contribution in [1.29, 1.82) is 0 Å². The summed E-state index contributed by atoms with van der Waals surface area (Å²) >= 11 is 0. The number of likely N-dealkylation sites (N-methyl/N-ethyl adjacent to an activating group) is 1. The molecule has 0 unspecified atom stereocenters. The number of likely N-dealkylation sites (tertiary alicyclic amines) is 1. The third-order valence-electron chi connectivity index (χ3n) is 12.3. The third kappa shape index (κ3) is 7.46. The number of pyridine rings is 1. The van der Waals surface area contributed by atoms with Gasteiger partial charge in [0.25, 0.3) is 0 Å². The van der Waals surface area contributed by atoms with Crippen molar-refractivity contribution in [1.82, 2.24) is 29.7 Å². The molecule has 54 heavy (non-hydrogen) atoms. The van der Waals surface area contributed by atoms with Crippen LogP contribution in [0.25, 0.3) is 0 Å². The first-order chi connectivity index (χ1) is 25.8. The molecule has 0 radical (unpaired) electrons. The highest BCUT2D eigenvalue weighted by molar-refractivity contribution is 5.87. The summed E-state index contributed by atoms with van der Waals surface area (Å²) in [5.74, 6) is 2.66. The number of alkyl halides is 1. The molecule has 2 aromatic heterocycles. The van der Waals surface area contributed by atoms with E-state index in [1.54, 1.807) is 23.4 Å². The minimum atomic E-state index is -1.01. The lowest BCUT2D eigenvalue weighted by Gasteiger charge is -2.44. The van der Waals surface area contributed by atoms with E-state index in [9.17, 15) is 9.90 Å². The van der Waals surface area contributed by atoms with Gasteiger partial charge in [0.2, 0.25) is 5.91 Å². The van der Waals surface area contributed by atoms with Crippen molar-refractivity contribution in [2.75, 3.05) is 38.6 Å². The van der Waals surface area contributed by atoms with Crippen molar-refractivity contribution in [2.45, 2.75) is 107 Å². The van der Waals surface area contributed by atoms with Gasteiger partial charge < -0.3 is 20.1 Å². The van der Waals surface area contributed by atoms with Gasteiger partial charge in [0.1, 0.15) is 24.4 Å². The summed E-state index contributed by atoms with van der Waals surface area (Å²) in [5.41, 5.74) is 2.54. The molecule has 10 nitrogen and oxygen atoms in total. The number of anilines is 1. The molecule has 4 atom stereocenters. The van der Waals surface area contributed by atoms with Gasteiger partial charge in [-0.1, -0.05) is 31.4 Å². The number of benzene rings is 1. The van der Waals surface area contributed by atoms with Crippen LogP contribution in [0, 0.1) is 18.2 Å². The summed E-state index contributed by atoms with van der Waals surface area (Å²) < 4.78 is 36.6. The average molecular weight is 740 g/mol. The van der Waals surface area contributed by atoms with Gasteiger partial charge in [-0.3, -0.25) is 19.6 Å². The lowest BCUT2D eigenvalue weighted by Crippen LogP contribution is -2.51. The Morgan fingerprint density at radius 3 is 2.69 bits per heavy atom. The minimum Gasteiger partial charge on any atom is -0.461 e. The second kappa shape index (κ2) is 15.0. The van der Waals surface area contributed by atoms with Gasteiger partial charge in [0, 0.05) is 76.6 Å². The number of ether oxygens (including phenoxy) is 1. The van der Waals surface area contributed by atoms with Crippen molar-refractivity contribution >= 4 is 11.7 Å². The van der Waals surface area contributed by atoms with Crippen LogP contribution in [0.15, 0.2) is 49.3 Å². The maximum Gasteiger partial charge on any atom is 0.318 e. The largest absolute Gasteiger partial charge is 0.461 e. The third-order valence-corrected chi connectivity index (χ3v) is 12.3. The molecule has 7 rings (SSSR count). The van der Waals surface area contributed by atoms with Crippen molar-refractivity contribution in [3.63, 3.8) is 0 Å². The van der Waals surface area contributed by atoms with Crippen molar-refractivity contribution in [3.8, 4) is 18.4 Å². The monoisotopic (exact) mass is 739 g/mol. The van der Waals surface area contributed by atoms with Crippen LogP contribution < -0.4 is 10.1 Å². The Balaban J connectivity index is 1.21. The molecule has 3 aromatic rings. The zero-order chi connectivity index (χ0) is 38.3. The Morgan fingerprint density at radius 1 is 1.20 bits per heavy atom. The normalized spacial score (nSPS) is 26.4. The van der Waals surface area contributed by atoms with Gasteiger partial charge in [0.15, 0.2) is 0 Å². The Labute approximate surface area is 317 Å². The van der Waals surface area contributed by atoms with Crippen molar-refractivity contribution in [2.24, 2.45) is 0 Å². The molecule has 1 amide bonds. The second-order valence-corrected chi connectivity index (χ2v) is 16.2. The number of carbonyl (C=O) groups excluding carboxylic acids is 1. The van der Waals surface area contributed by atoms with Crippen LogP contribution in [0.4, 0.5) is 14.6 Å². The molecule has 12 heteroatoms. The molecule has 4 aliphatic rings. The molecule has 2 aliphatic carbocycles. The predicted octanol–water partition coefficient (Wildman–Crippen LogP) is 5.54. The molecule has 286 valence electrons. The first kappa shape index (κ1) is 37.9. The second-order valence-electron chi connectivity index (χ2n) is 16.2. The number of hydrogen-bond donors (Lipinski definition) is 2. The molecule has 2 N–H and O–H groups in total. The fourth-order valence-electron chi connectivity index (χ4n) is 9.28. The Kier molecular flexibility index (Phi) is 10.5. The number of terminal acetylenes is 1. The smallest absolute Gasteiger partial charge is 0.318 e. The van der Waals surface area contributed by atoms with E-state index in [1.807, 2.05) is 33.0 Å². The Hall–Kier alpha value is -4.44. The maximum atomic E-state index is 15.1. The Morgan fingerprint density at radius 2 is 1.96 bits per heavy atom. The van der Waals surface area contributed by atoms with Gasteiger partial charge in [-0.05, 0) is 80.5 Å². The molecule has 1 saturated carbocycles. The summed E-state index contributed by atoms with van der Waals surface area (Å²) in [4.78, 5) is 33.0. The van der Waals surface area contributed by atoms with Crippen molar-refractivity contribution in [3.05, 3.63) is 88.6 Å². The SMILES string of the molecule is C#Cc1c(F)ccc2c1[C@@H](N1CCc3c(nc(OC[C@]4(C)C[C@@H](F)CN4Cc4ccncc4)nc3NCC3(N(C)C(=O)C=C)CCCC3)C1)C[C@](C)(O)C2. The first-order valence-corrected chi connectivity index (χ1v) is 19.0. The molecule has 1 aromatic carbocycles. The van der Waals surface area contributed by atoms with E-state index in [0.717, 1.165) is 53.6 Å². The number of rotatable bonds is 11. The molecule has 2 fully saturated rings. The maximum absolute atomic E-state index is 15.1. The highest BCUT2D eigenvalue weighted by atomic mass is 19.1. The highest BCUT2D eigenvalue weighted by Crippen LogP contribution is 2.44. The summed E-state index contributed by atoms with van der Waals surface area (Å²) in [5, 5.41) is 15.0. The average Bonchev–Trinajstić information content (AvgIpc) is 3.75. The fourth-order valence-corrected chi connectivity index (χ4v) is 9.28. The molecule has 2 aliphatic heterocycles. The molecule has 0 spiro atoms. The number of halogens is 2. The summed E-state index contributed by atoms with van der Waals surface area (Å²) in [6.45, 7) is 10.0. The van der Waals surface area contributed by atoms with Gasteiger partial charge >= 0.3 is 6.01 Å². The number of amides is 1. The quantitative estimate of drug-likeness (QED) is 0.194. The van der Waals surface area contributed by atoms with Crippen LogP contribution in [0.2, 0.25) is 0 Å². The molecular formula is C42H51F2N7O3. The summed E-state index contributed by atoms with van der Waals surface area (Å²) in [7, 11) is 1.83. The van der Waals surface area contributed by atoms with E-state index >= 15 is 8.78 Å². The van der Waals surface area contributed by atoms with E-state index in [1.165, 1.54) is 12.1 Å². The van der Waals surface area contributed by atoms with E-state index in [0.29, 0.717) is 64.2 Å². The van der Waals surface area contributed by atoms with Crippen LogP contribution in [-0.4, -0.2) is 96.8 Å². The van der Waals surface area contributed by atoms with E-state index in [2.05, 4.69) is 32.6 Å². The van der Waals surface area contributed by atoms with Gasteiger partial charge in [-0.25, -0.2) is 8.78 Å². The van der Waals surface area contributed by atoms with Crippen LogP contribution >= 0.6 is 0 Å². The Bertz CT molecular complexity index is 1930. The fraction of sp³-hybridized carbons (Fsp3) is 0.524. The van der Waals surface area contributed by atoms with Crippen LogP contribution in [0.1, 0.15) is 91.9 Å². The number of hydrogen-bond acceptors (Lipinski definition) is 9. The van der Waals surface area contributed by atoms with E-state index < -0.39 is 28.7 Å². The lowest BCUT2D eigenvalue weighted by molar-refractivity contribution is -0.129. The van der Waals surface area contributed by atoms with Gasteiger partial charge in [-0.15, -0.1) is 6.42 Å². The predicted molar refractivity (Wildman–Crippen MR) is 203 cm³/mol. The number of nitrogens with one attached hydrogen (secondary N) is 1. The molecule has 4 heterocycles. The molecular weight excluding hydrogens is 689 g/mol. The lowest BCUT2D eigenvalue weighted by atomic mass is 9.75. The molecule has 1 saturated heterocycles. The summed E-state index contributed by atoms with van der Waals surface area (Å²) in [6.07, 6.45) is 15.1. The zero-order valence-electron chi connectivity index (χ0n) is 31.6. The number of carbonyl (C=O) groups is 1. The van der Waals surface area contributed by atoms with Gasteiger partial charge in [0.05, 0.1) is 27.9 Å². The van der Waals surface area contributed by atoms with Crippen LogP contribution in [0.3, 0.4) is 0 Å². The number of fused-ring (bicyclic) bond motifs is 2. The number of aromatic nitrogens is 3. The first-order valence-electron chi connectivity index (χ1n) is 19.0. The van der Waals surface area contributed by atoms with E-state index in [-0.39, 0.29) is 30.1 Å². The summed E-state index contributed by atoms with van der Waals surface area (Å²) in [6, 6.07) is 6.83. The standard InChI is InChI=1S/C42H51F2N7O3/c1-6-31-33(44)11-10-29-20-41(4,53)22-35(37(29)31)50-19-14-32-34(25-50)47-39(48-38(32)46-26-42(15-8-9-16-42)49(5)36(52)7-2)54-27-40(3)21-30(43)24-51(40)23-28-12-17-45-18-13-28/h1,7,10-13,17-18,30,35,53H,2,8-9,14-16,19-27H2,3-5H3,(H,46,47,48)/t30-,35+,40+,41-/m1/s1. The van der Waals surface area contributed by atoms with Crippen molar-refractivity contribution < 1.29 is 23.4 Å². The number of nitrogens with zero attached hydrogens (tertiary/aromatic N) is 6. The number of aliphatic hydroxyl groups is 1. The van der Waals surface area contributed by atoms with Crippen LogP contribution in [0.5, 0.6) is 6.01 Å². The molecule has 0 bridgehead atoms.